The molecule has 0 aliphatic heterocycles. The van der Waals surface area contributed by atoms with E-state index in [0.717, 1.165) is 12.8 Å². The Labute approximate surface area is 68.2 Å². The highest BCUT2D eigenvalue weighted by Crippen LogP contribution is 2.05. The molecule has 0 N–H and O–H groups in total. The van der Waals surface area contributed by atoms with Crippen LogP contribution in [0.3, 0.4) is 0 Å². The molecule has 0 amide bonds. The minimum atomic E-state index is -0.279. The summed E-state index contributed by atoms with van der Waals surface area (Å²) >= 11 is 0. The van der Waals surface area contributed by atoms with Crippen LogP contribution in [-0.4, -0.2) is 12.1 Å². The molecule has 11 heavy (non-hydrogen) atoms. The van der Waals surface area contributed by atoms with Crippen molar-refractivity contribution >= 4 is 5.97 Å². The molecular weight excluding hydrogens is 140 g/mol. The van der Waals surface area contributed by atoms with Crippen LogP contribution in [0.1, 0.15) is 33.6 Å². The van der Waals surface area contributed by atoms with Crippen molar-refractivity contribution in [3.8, 4) is 0 Å². The molecule has 0 aromatic heterocycles. The lowest BCUT2D eigenvalue weighted by molar-refractivity contribution is -0.144. The summed E-state index contributed by atoms with van der Waals surface area (Å²) in [5, 5.41) is 0. The predicted molar refractivity (Wildman–Crippen MR) is 45.3 cm³/mol. The van der Waals surface area contributed by atoms with Gasteiger partial charge in [0.05, 0.1) is 0 Å². The molecule has 2 nitrogen and oxygen atoms in total. The third-order valence-electron chi connectivity index (χ3n) is 1.53. The Morgan fingerprint density at radius 1 is 1.45 bits per heavy atom. The average molecular weight is 156 g/mol. The van der Waals surface area contributed by atoms with Crippen molar-refractivity contribution in [2.24, 2.45) is 0 Å². The summed E-state index contributed by atoms with van der Waals surface area (Å²) in [6.45, 7) is 9.16. The molecule has 0 saturated carbocycles. The number of rotatable bonds is 4. The van der Waals surface area contributed by atoms with Gasteiger partial charge >= 0.3 is 5.97 Å². The van der Waals surface area contributed by atoms with Gasteiger partial charge in [-0.25, -0.2) is 4.79 Å². The number of carbonyl (C=O) groups excluding carboxylic acids is 1. The average Bonchev–Trinajstić information content (AvgIpc) is 1.99. The third-order valence-corrected chi connectivity index (χ3v) is 1.53. The quantitative estimate of drug-likeness (QED) is 0.461. The summed E-state index contributed by atoms with van der Waals surface area (Å²) in [4.78, 5) is 10.9. The lowest BCUT2D eigenvalue weighted by Gasteiger charge is -2.13. The van der Waals surface area contributed by atoms with E-state index in [9.17, 15) is 4.79 Å². The number of hydrogen-bond acceptors (Lipinski definition) is 2. The molecule has 0 rings (SSSR count). The van der Waals surface area contributed by atoms with Crippen molar-refractivity contribution in [1.29, 1.82) is 0 Å². The van der Waals surface area contributed by atoms with Gasteiger partial charge in [-0.05, 0) is 19.8 Å². The summed E-state index contributed by atoms with van der Waals surface area (Å²) in [5.41, 5.74) is 0.469. The summed E-state index contributed by atoms with van der Waals surface area (Å²) in [7, 11) is 0. The van der Waals surface area contributed by atoms with Gasteiger partial charge in [0.15, 0.2) is 0 Å². The number of carbonyl (C=O) groups is 1. The Hall–Kier alpha value is -0.790. The fraction of sp³-hybridized carbons (Fsp3) is 0.667. The highest BCUT2D eigenvalue weighted by Gasteiger charge is 2.09. The van der Waals surface area contributed by atoms with Crippen molar-refractivity contribution in [3.63, 3.8) is 0 Å². The second-order valence-corrected chi connectivity index (χ2v) is 2.62. The van der Waals surface area contributed by atoms with Crippen molar-refractivity contribution in [3.05, 3.63) is 12.2 Å². The Balaban J connectivity index is 3.81. The molecule has 2 heteroatoms. The monoisotopic (exact) mass is 156 g/mol. The SMILES string of the molecule is C=C(C)C(=O)OC(CC)CC. The molecular formula is C9H16O2. The summed E-state index contributed by atoms with van der Waals surface area (Å²) in [6, 6.07) is 0. The first-order valence-corrected chi connectivity index (χ1v) is 3.98. The topological polar surface area (TPSA) is 26.3 Å². The second-order valence-electron chi connectivity index (χ2n) is 2.62. The maximum atomic E-state index is 10.9. The smallest absolute Gasteiger partial charge is 0.333 e. The van der Waals surface area contributed by atoms with E-state index in [1.165, 1.54) is 0 Å². The van der Waals surface area contributed by atoms with E-state index in [4.69, 9.17) is 4.74 Å². The first-order chi connectivity index (χ1) is 5.11. The molecule has 0 atom stereocenters. The van der Waals surface area contributed by atoms with Crippen molar-refractivity contribution < 1.29 is 9.53 Å². The fourth-order valence-electron chi connectivity index (χ4n) is 0.707. The van der Waals surface area contributed by atoms with E-state index in [0.29, 0.717) is 5.57 Å². The van der Waals surface area contributed by atoms with Crippen LogP contribution < -0.4 is 0 Å². The lowest BCUT2D eigenvalue weighted by Crippen LogP contribution is -2.16. The maximum absolute atomic E-state index is 10.9. The van der Waals surface area contributed by atoms with Gasteiger partial charge in [-0.3, -0.25) is 0 Å². The molecule has 0 radical (unpaired) electrons. The number of esters is 1. The predicted octanol–water partition coefficient (Wildman–Crippen LogP) is 2.29. The first kappa shape index (κ1) is 10.2. The van der Waals surface area contributed by atoms with Gasteiger partial charge in [0.25, 0.3) is 0 Å². The van der Waals surface area contributed by atoms with E-state index in [-0.39, 0.29) is 12.1 Å². The summed E-state index contributed by atoms with van der Waals surface area (Å²) in [6.07, 6.45) is 1.80. The van der Waals surface area contributed by atoms with Gasteiger partial charge < -0.3 is 4.74 Å². The van der Waals surface area contributed by atoms with Gasteiger partial charge in [0.1, 0.15) is 6.10 Å². The first-order valence-electron chi connectivity index (χ1n) is 3.98. The minimum Gasteiger partial charge on any atom is -0.459 e. The van der Waals surface area contributed by atoms with E-state index in [1.54, 1.807) is 6.92 Å². The molecule has 0 aromatic carbocycles. The molecule has 0 unspecified atom stereocenters. The Bertz CT molecular complexity index is 146. The van der Waals surface area contributed by atoms with Gasteiger partial charge in [-0.2, -0.15) is 0 Å². The van der Waals surface area contributed by atoms with Crippen LogP contribution in [0, 0.1) is 0 Å². The molecule has 0 aromatic rings. The van der Waals surface area contributed by atoms with E-state index >= 15 is 0 Å². The van der Waals surface area contributed by atoms with Crippen LogP contribution in [0.25, 0.3) is 0 Å². The highest BCUT2D eigenvalue weighted by molar-refractivity contribution is 5.87. The molecule has 0 bridgehead atoms. The molecule has 0 saturated heterocycles. The van der Waals surface area contributed by atoms with Crippen LogP contribution in [0.5, 0.6) is 0 Å². The maximum Gasteiger partial charge on any atom is 0.333 e. The Morgan fingerprint density at radius 3 is 2.18 bits per heavy atom. The van der Waals surface area contributed by atoms with E-state index < -0.39 is 0 Å². The zero-order chi connectivity index (χ0) is 8.85. The van der Waals surface area contributed by atoms with E-state index in [2.05, 4.69) is 6.58 Å². The molecule has 0 aliphatic rings. The number of ether oxygens (including phenoxy) is 1. The van der Waals surface area contributed by atoms with Crippen LogP contribution >= 0.6 is 0 Å². The van der Waals surface area contributed by atoms with Crippen molar-refractivity contribution in [2.75, 3.05) is 0 Å². The fourth-order valence-corrected chi connectivity index (χ4v) is 0.707. The zero-order valence-corrected chi connectivity index (χ0v) is 7.52. The summed E-state index contributed by atoms with van der Waals surface area (Å²) in [5.74, 6) is -0.279. The normalized spacial score (nSPS) is 9.82. The standard InChI is InChI=1S/C9H16O2/c1-5-8(6-2)11-9(10)7(3)4/h8H,3,5-6H2,1-2,4H3. The van der Waals surface area contributed by atoms with Crippen LogP contribution in [0.15, 0.2) is 12.2 Å². The Morgan fingerprint density at radius 2 is 1.91 bits per heavy atom. The van der Waals surface area contributed by atoms with E-state index in [1.807, 2.05) is 13.8 Å². The van der Waals surface area contributed by atoms with Gasteiger partial charge in [0, 0.05) is 5.57 Å². The highest BCUT2D eigenvalue weighted by atomic mass is 16.5. The lowest BCUT2D eigenvalue weighted by atomic mass is 10.2. The Kier molecular flexibility index (Phi) is 4.59. The number of hydrogen-bond donors (Lipinski definition) is 0. The molecule has 0 aliphatic carbocycles. The minimum absolute atomic E-state index is 0.0548. The summed E-state index contributed by atoms with van der Waals surface area (Å²) < 4.78 is 5.07. The molecule has 0 fully saturated rings. The van der Waals surface area contributed by atoms with Crippen LogP contribution in [-0.2, 0) is 9.53 Å². The largest absolute Gasteiger partial charge is 0.459 e. The van der Waals surface area contributed by atoms with Gasteiger partial charge in [-0.15, -0.1) is 0 Å². The second kappa shape index (κ2) is 4.94. The van der Waals surface area contributed by atoms with Gasteiger partial charge in [-0.1, -0.05) is 20.4 Å². The third kappa shape index (κ3) is 3.81. The molecule has 0 heterocycles. The molecule has 0 spiro atoms. The van der Waals surface area contributed by atoms with Crippen LogP contribution in [0.4, 0.5) is 0 Å². The van der Waals surface area contributed by atoms with Crippen molar-refractivity contribution in [2.45, 2.75) is 39.7 Å². The van der Waals surface area contributed by atoms with Crippen molar-refractivity contribution in [1.82, 2.24) is 0 Å². The zero-order valence-electron chi connectivity index (χ0n) is 7.52. The molecule has 64 valence electrons. The van der Waals surface area contributed by atoms with Crippen LogP contribution in [0.2, 0.25) is 0 Å². The van der Waals surface area contributed by atoms with Gasteiger partial charge in [0.2, 0.25) is 0 Å².